The molecule has 0 radical (unpaired) electrons. The second-order valence-electron chi connectivity index (χ2n) is 11.5. The first-order valence-electron chi connectivity index (χ1n) is 14.5. The number of aryl methyl sites for hydroxylation is 1. The maximum absolute atomic E-state index is 13.4. The summed E-state index contributed by atoms with van der Waals surface area (Å²) in [7, 11) is 1.24. The summed E-state index contributed by atoms with van der Waals surface area (Å²) in [5.74, 6) is -2.73. The molecule has 11 nitrogen and oxygen atoms in total. The van der Waals surface area contributed by atoms with Gasteiger partial charge in [0.25, 0.3) is 0 Å². The van der Waals surface area contributed by atoms with Gasteiger partial charge in [0, 0.05) is 38.3 Å². The smallest absolute Gasteiger partial charge is 0.306 e. The molecule has 0 bridgehead atoms. The first kappa shape index (κ1) is 33.9. The van der Waals surface area contributed by atoms with Crippen molar-refractivity contribution in [2.24, 2.45) is 11.8 Å². The summed E-state index contributed by atoms with van der Waals surface area (Å²) in [4.78, 5) is 70.2. The lowest BCUT2D eigenvalue weighted by Gasteiger charge is -2.27. The van der Waals surface area contributed by atoms with E-state index in [0.29, 0.717) is 6.42 Å². The topological polar surface area (TPSA) is 155 Å². The maximum Gasteiger partial charge on any atom is 0.306 e. The Hall–Kier alpha value is -3.64. The van der Waals surface area contributed by atoms with Gasteiger partial charge in [0.1, 0.15) is 6.04 Å². The zero-order chi connectivity index (χ0) is 31.7. The van der Waals surface area contributed by atoms with Crippen LogP contribution in [0.15, 0.2) is 29.8 Å². The lowest BCUT2D eigenvalue weighted by Crippen LogP contribution is -2.48. The first-order valence-corrected chi connectivity index (χ1v) is 15.4. The van der Waals surface area contributed by atoms with E-state index in [2.05, 4.69) is 20.4 Å². The van der Waals surface area contributed by atoms with Crippen molar-refractivity contribution < 1.29 is 33.8 Å². The van der Waals surface area contributed by atoms with Crippen molar-refractivity contribution in [3.05, 3.63) is 41.0 Å². The van der Waals surface area contributed by atoms with E-state index in [4.69, 9.17) is 0 Å². The molecule has 43 heavy (non-hydrogen) atoms. The Balaban J connectivity index is 1.58. The summed E-state index contributed by atoms with van der Waals surface area (Å²) >= 11 is 1.57. The van der Waals surface area contributed by atoms with E-state index in [1.165, 1.54) is 12.0 Å². The molecule has 2 heterocycles. The second kappa shape index (κ2) is 15.7. The number of β-amino-alcohol motifs (C(OH)–C–C–N with tert-alkyl or cyclic N) is 1. The molecule has 4 atom stereocenters. The highest BCUT2D eigenvalue weighted by atomic mass is 32.1. The summed E-state index contributed by atoms with van der Waals surface area (Å²) in [6, 6.07) is 6.14. The largest absolute Gasteiger partial charge is 0.469 e. The average Bonchev–Trinajstić information content (AvgIpc) is 3.58. The highest BCUT2D eigenvalue weighted by molar-refractivity contribution is 7.13. The van der Waals surface area contributed by atoms with Gasteiger partial charge in [-0.2, -0.15) is 0 Å². The zero-order valence-electron chi connectivity index (χ0n) is 25.4. The molecular weight excluding hydrogens is 572 g/mol. The van der Waals surface area contributed by atoms with Crippen LogP contribution in [0.3, 0.4) is 0 Å². The van der Waals surface area contributed by atoms with Gasteiger partial charge in [-0.3, -0.25) is 24.0 Å². The van der Waals surface area contributed by atoms with Gasteiger partial charge in [-0.1, -0.05) is 45.0 Å². The SMILES string of the molecule is COC(=O)CCC(=O)N[C@@H](CC(C)C)C(=O)C[C@@H](C)C(=O)N1C[C@H](O)C[C@H]1C(=O)NCc1ccc(-c2scnc2C)cc1. The Morgan fingerprint density at radius 1 is 1.12 bits per heavy atom. The van der Waals surface area contributed by atoms with Gasteiger partial charge in [0.05, 0.1) is 41.8 Å². The van der Waals surface area contributed by atoms with Gasteiger partial charge in [-0.05, 0) is 30.4 Å². The lowest BCUT2D eigenvalue weighted by atomic mass is 9.93. The van der Waals surface area contributed by atoms with Crippen LogP contribution in [0, 0.1) is 18.8 Å². The van der Waals surface area contributed by atoms with Crippen LogP contribution in [0.2, 0.25) is 0 Å². The van der Waals surface area contributed by atoms with Crippen molar-refractivity contribution in [1.29, 1.82) is 0 Å². The van der Waals surface area contributed by atoms with Gasteiger partial charge >= 0.3 is 5.97 Å². The number of ketones is 1. The number of rotatable bonds is 14. The fourth-order valence-electron chi connectivity index (χ4n) is 5.11. The van der Waals surface area contributed by atoms with Crippen LogP contribution in [0.4, 0.5) is 0 Å². The molecule has 1 aliphatic heterocycles. The van der Waals surface area contributed by atoms with Crippen LogP contribution in [0.5, 0.6) is 0 Å². The molecule has 0 aliphatic carbocycles. The van der Waals surface area contributed by atoms with Crippen LogP contribution in [-0.4, -0.2) is 76.3 Å². The number of hydrogen-bond donors (Lipinski definition) is 3. The van der Waals surface area contributed by atoms with Crippen LogP contribution in [0.25, 0.3) is 10.4 Å². The molecule has 0 saturated carbocycles. The minimum Gasteiger partial charge on any atom is -0.469 e. The number of esters is 1. The van der Waals surface area contributed by atoms with Crippen LogP contribution >= 0.6 is 11.3 Å². The zero-order valence-corrected chi connectivity index (χ0v) is 26.2. The first-order chi connectivity index (χ1) is 20.4. The quantitative estimate of drug-likeness (QED) is 0.275. The van der Waals surface area contributed by atoms with Gasteiger partial charge in [-0.25, -0.2) is 4.98 Å². The molecule has 1 fully saturated rings. The summed E-state index contributed by atoms with van der Waals surface area (Å²) in [6.07, 6.45) is -0.720. The Morgan fingerprint density at radius 3 is 2.42 bits per heavy atom. The van der Waals surface area contributed by atoms with Crippen molar-refractivity contribution in [1.82, 2.24) is 20.5 Å². The molecular formula is C31H42N4O7S. The van der Waals surface area contributed by atoms with Gasteiger partial charge < -0.3 is 25.4 Å². The molecule has 3 amide bonds. The van der Waals surface area contributed by atoms with Crippen molar-refractivity contribution in [2.45, 2.75) is 84.5 Å². The molecule has 0 spiro atoms. The number of aliphatic hydroxyl groups excluding tert-OH is 1. The summed E-state index contributed by atoms with van der Waals surface area (Å²) in [5, 5.41) is 15.9. The fraction of sp³-hybridized carbons (Fsp3) is 0.548. The van der Waals surface area contributed by atoms with Gasteiger partial charge in [0.15, 0.2) is 5.78 Å². The molecule has 234 valence electrons. The van der Waals surface area contributed by atoms with E-state index >= 15 is 0 Å². The number of amides is 3. The van der Waals surface area contributed by atoms with Gasteiger partial charge in [0.2, 0.25) is 17.7 Å². The summed E-state index contributed by atoms with van der Waals surface area (Å²) in [6.45, 7) is 7.66. The normalized spacial score (nSPS) is 17.8. The van der Waals surface area contributed by atoms with E-state index in [9.17, 15) is 29.1 Å². The minimum absolute atomic E-state index is 0.00195. The van der Waals surface area contributed by atoms with Crippen molar-refractivity contribution in [3.8, 4) is 10.4 Å². The monoisotopic (exact) mass is 614 g/mol. The molecule has 1 aromatic heterocycles. The Bertz CT molecular complexity index is 1290. The van der Waals surface area contributed by atoms with Crippen molar-refractivity contribution in [3.63, 3.8) is 0 Å². The number of aliphatic hydroxyl groups is 1. The predicted octanol–water partition coefficient (Wildman–Crippen LogP) is 2.78. The van der Waals surface area contributed by atoms with Crippen molar-refractivity contribution in [2.75, 3.05) is 13.7 Å². The number of nitrogens with one attached hydrogen (secondary N) is 2. The van der Waals surface area contributed by atoms with Gasteiger partial charge in [-0.15, -0.1) is 11.3 Å². The molecule has 1 aliphatic rings. The molecule has 3 rings (SSSR count). The number of ether oxygens (including phenoxy) is 1. The van der Waals surface area contributed by atoms with E-state index < -0.39 is 41.9 Å². The van der Waals surface area contributed by atoms with Crippen molar-refractivity contribution >= 4 is 40.8 Å². The molecule has 1 saturated heterocycles. The van der Waals surface area contributed by atoms with E-state index in [1.807, 2.05) is 45.0 Å². The maximum atomic E-state index is 13.4. The summed E-state index contributed by atoms with van der Waals surface area (Å²) < 4.78 is 4.56. The fourth-order valence-corrected chi connectivity index (χ4v) is 5.92. The number of aromatic nitrogens is 1. The number of likely N-dealkylation sites (tertiary alicyclic amines) is 1. The summed E-state index contributed by atoms with van der Waals surface area (Å²) in [5.41, 5.74) is 4.70. The Kier molecular flexibility index (Phi) is 12.4. The number of carbonyl (C=O) groups is 5. The van der Waals surface area contributed by atoms with Crippen LogP contribution in [0.1, 0.15) is 64.1 Å². The molecule has 1 aromatic carbocycles. The van der Waals surface area contributed by atoms with Crippen LogP contribution < -0.4 is 10.6 Å². The number of nitrogens with zero attached hydrogens (tertiary/aromatic N) is 2. The number of benzene rings is 1. The van der Waals surface area contributed by atoms with E-state index in [1.54, 1.807) is 23.8 Å². The Morgan fingerprint density at radius 2 is 1.81 bits per heavy atom. The second-order valence-corrected chi connectivity index (χ2v) is 12.3. The van der Waals surface area contributed by atoms with Crippen LogP contribution in [-0.2, 0) is 35.3 Å². The standard InChI is InChI=1S/C31H42N4O7S/c1-18(2)12-24(34-27(38)10-11-28(39)42-5)26(37)13-19(3)31(41)35-16-23(36)14-25(35)30(40)32-15-21-6-8-22(9-7-21)29-20(4)33-17-43-29/h6-9,17-19,23-25,36H,10-16H2,1-5H3,(H,32,40)(H,34,38)/t19-,23-,24+,25+/m1/s1. The Labute approximate surface area is 256 Å². The average molecular weight is 615 g/mol. The number of Topliss-reactive ketones (excluding diaryl/α,β-unsaturated/α-hetero) is 1. The molecule has 2 aromatic rings. The van der Waals surface area contributed by atoms with E-state index in [-0.39, 0.29) is 56.4 Å². The molecule has 12 heteroatoms. The third-order valence-corrected chi connectivity index (χ3v) is 8.41. The predicted molar refractivity (Wildman–Crippen MR) is 162 cm³/mol. The lowest BCUT2D eigenvalue weighted by molar-refractivity contribution is -0.143. The molecule has 0 unspecified atom stereocenters. The number of methoxy groups -OCH3 is 1. The third kappa shape index (κ3) is 9.69. The number of hydrogen-bond acceptors (Lipinski definition) is 9. The molecule has 3 N–H and O–H groups in total. The highest BCUT2D eigenvalue weighted by Gasteiger charge is 2.40. The van der Waals surface area contributed by atoms with E-state index in [0.717, 1.165) is 21.7 Å². The number of carbonyl (C=O) groups excluding carboxylic acids is 5. The number of thiazole rings is 1. The highest BCUT2D eigenvalue weighted by Crippen LogP contribution is 2.27. The minimum atomic E-state index is -0.858. The third-order valence-electron chi connectivity index (χ3n) is 7.44.